The second-order valence-electron chi connectivity index (χ2n) is 6.35. The Balaban J connectivity index is 1.95. The Hall–Kier alpha value is -2.80. The summed E-state index contributed by atoms with van der Waals surface area (Å²) >= 11 is 0. The zero-order chi connectivity index (χ0) is 17.6. The highest BCUT2D eigenvalue weighted by molar-refractivity contribution is 5.85. The van der Waals surface area contributed by atoms with Crippen LogP contribution in [0.2, 0.25) is 0 Å². The van der Waals surface area contributed by atoms with Crippen LogP contribution >= 0.6 is 0 Å². The molecule has 7 heteroatoms. The minimum Gasteiger partial charge on any atom is -0.494 e. The fourth-order valence-corrected chi connectivity index (χ4v) is 3.69. The van der Waals surface area contributed by atoms with E-state index in [2.05, 4.69) is 21.4 Å². The van der Waals surface area contributed by atoms with E-state index in [-0.39, 0.29) is 11.4 Å². The predicted octanol–water partition coefficient (Wildman–Crippen LogP) is 1.37. The van der Waals surface area contributed by atoms with Crippen LogP contribution < -0.4 is 16.6 Å². The van der Waals surface area contributed by atoms with Gasteiger partial charge in [-0.15, -0.1) is 0 Å². The van der Waals surface area contributed by atoms with E-state index in [4.69, 9.17) is 0 Å². The standard InChI is InChI=1S/C18H20N4O3/c1-2-9-22-17(24)13(16(23)21-18(22)25)15-14-11(7-8-19-15)10-5-3-4-6-12(10)20-14/h3-6,15,19-20,24H,2,7-9H2,1H3,(H,21,23,25). The molecule has 130 valence electrons. The Morgan fingerprint density at radius 3 is 2.84 bits per heavy atom. The number of rotatable bonds is 3. The quantitative estimate of drug-likeness (QED) is 0.578. The fourth-order valence-electron chi connectivity index (χ4n) is 3.69. The number of aromatic hydroxyl groups is 1. The van der Waals surface area contributed by atoms with Crippen molar-refractivity contribution in [2.75, 3.05) is 6.54 Å². The molecule has 3 heterocycles. The molecule has 1 unspecified atom stereocenters. The van der Waals surface area contributed by atoms with Crippen LogP contribution in [0.15, 0.2) is 33.9 Å². The van der Waals surface area contributed by atoms with E-state index >= 15 is 0 Å². The summed E-state index contributed by atoms with van der Waals surface area (Å²) in [6.07, 6.45) is 1.51. The van der Waals surface area contributed by atoms with Crippen molar-refractivity contribution in [3.63, 3.8) is 0 Å². The molecule has 25 heavy (non-hydrogen) atoms. The normalized spacial score (nSPS) is 16.9. The Morgan fingerprint density at radius 2 is 2.04 bits per heavy atom. The number of aromatic nitrogens is 3. The van der Waals surface area contributed by atoms with Gasteiger partial charge in [0, 0.05) is 29.7 Å². The monoisotopic (exact) mass is 340 g/mol. The fraction of sp³-hybridized carbons (Fsp3) is 0.333. The highest BCUT2D eigenvalue weighted by Crippen LogP contribution is 2.34. The number of para-hydroxylation sites is 1. The van der Waals surface area contributed by atoms with Crippen molar-refractivity contribution < 1.29 is 5.11 Å². The van der Waals surface area contributed by atoms with E-state index in [0.717, 1.165) is 28.6 Å². The molecule has 1 atom stereocenters. The minimum atomic E-state index is -0.583. The first kappa shape index (κ1) is 15.7. The molecular weight excluding hydrogens is 320 g/mol. The molecule has 4 N–H and O–H groups in total. The van der Waals surface area contributed by atoms with Gasteiger partial charge in [0.05, 0.1) is 6.04 Å². The third-order valence-electron chi connectivity index (χ3n) is 4.80. The molecule has 2 aromatic heterocycles. The molecule has 0 spiro atoms. The van der Waals surface area contributed by atoms with E-state index in [1.807, 2.05) is 25.1 Å². The lowest BCUT2D eigenvalue weighted by Gasteiger charge is -2.25. The first-order valence-corrected chi connectivity index (χ1v) is 8.50. The number of nitrogens with one attached hydrogen (secondary N) is 3. The molecular formula is C18H20N4O3. The van der Waals surface area contributed by atoms with Crippen molar-refractivity contribution in [1.82, 2.24) is 19.9 Å². The smallest absolute Gasteiger partial charge is 0.331 e. The molecule has 3 aromatic rings. The molecule has 1 aliphatic rings. The second-order valence-corrected chi connectivity index (χ2v) is 6.35. The number of aromatic amines is 2. The van der Waals surface area contributed by atoms with E-state index in [9.17, 15) is 14.7 Å². The summed E-state index contributed by atoms with van der Waals surface area (Å²) in [7, 11) is 0. The Kier molecular flexibility index (Phi) is 3.73. The lowest BCUT2D eigenvalue weighted by molar-refractivity contribution is 0.381. The van der Waals surface area contributed by atoms with E-state index in [1.54, 1.807) is 0 Å². The van der Waals surface area contributed by atoms with Gasteiger partial charge in [-0.1, -0.05) is 25.1 Å². The summed E-state index contributed by atoms with van der Waals surface area (Å²) in [6, 6.07) is 7.50. The molecule has 0 amide bonds. The summed E-state index contributed by atoms with van der Waals surface area (Å²) in [5.41, 5.74) is 2.06. The van der Waals surface area contributed by atoms with Gasteiger partial charge >= 0.3 is 5.69 Å². The maximum absolute atomic E-state index is 12.5. The summed E-state index contributed by atoms with van der Waals surface area (Å²) in [5, 5.41) is 15.0. The van der Waals surface area contributed by atoms with Crippen LogP contribution in [-0.2, 0) is 13.0 Å². The average Bonchev–Trinajstić information content (AvgIpc) is 2.98. The summed E-state index contributed by atoms with van der Waals surface area (Å²) < 4.78 is 1.22. The molecule has 1 aromatic carbocycles. The molecule has 0 bridgehead atoms. The van der Waals surface area contributed by atoms with Gasteiger partial charge < -0.3 is 15.4 Å². The number of H-pyrrole nitrogens is 2. The third-order valence-corrected chi connectivity index (χ3v) is 4.80. The van der Waals surface area contributed by atoms with Gasteiger partial charge in [0.2, 0.25) is 5.88 Å². The van der Waals surface area contributed by atoms with Crippen LogP contribution in [0, 0.1) is 0 Å². The Bertz CT molecular complexity index is 1060. The van der Waals surface area contributed by atoms with Gasteiger partial charge in [0.15, 0.2) is 0 Å². The van der Waals surface area contributed by atoms with Crippen LogP contribution in [0.25, 0.3) is 10.9 Å². The molecule has 4 rings (SSSR count). The maximum Gasteiger partial charge on any atom is 0.331 e. The van der Waals surface area contributed by atoms with E-state index in [0.29, 0.717) is 19.5 Å². The number of nitrogens with zero attached hydrogens (tertiary/aromatic N) is 1. The molecule has 0 aliphatic carbocycles. The first-order chi connectivity index (χ1) is 12.1. The van der Waals surface area contributed by atoms with E-state index in [1.165, 1.54) is 4.57 Å². The second kappa shape index (κ2) is 5.93. The van der Waals surface area contributed by atoms with Crippen molar-refractivity contribution in [1.29, 1.82) is 0 Å². The van der Waals surface area contributed by atoms with Crippen LogP contribution in [0.4, 0.5) is 0 Å². The summed E-state index contributed by atoms with van der Waals surface area (Å²) in [5.74, 6) is -0.264. The van der Waals surface area contributed by atoms with Crippen molar-refractivity contribution >= 4 is 10.9 Å². The van der Waals surface area contributed by atoms with Crippen LogP contribution in [0.5, 0.6) is 5.88 Å². The zero-order valence-corrected chi connectivity index (χ0v) is 13.9. The third kappa shape index (κ3) is 2.39. The van der Waals surface area contributed by atoms with Gasteiger partial charge in [-0.2, -0.15) is 0 Å². The number of hydrogen-bond acceptors (Lipinski definition) is 4. The van der Waals surface area contributed by atoms with Gasteiger partial charge in [-0.05, 0) is 24.5 Å². The maximum atomic E-state index is 12.5. The van der Waals surface area contributed by atoms with Gasteiger partial charge in [-0.25, -0.2) is 4.79 Å². The molecule has 0 fully saturated rings. The van der Waals surface area contributed by atoms with Crippen molar-refractivity contribution in [3.8, 4) is 5.88 Å². The number of hydrogen-bond donors (Lipinski definition) is 4. The van der Waals surface area contributed by atoms with Gasteiger partial charge in [0.25, 0.3) is 5.56 Å². The molecule has 0 saturated heterocycles. The Labute approximate surface area is 143 Å². The zero-order valence-electron chi connectivity index (χ0n) is 13.9. The first-order valence-electron chi connectivity index (χ1n) is 8.50. The molecule has 1 aliphatic heterocycles. The largest absolute Gasteiger partial charge is 0.494 e. The van der Waals surface area contributed by atoms with Gasteiger partial charge in [0.1, 0.15) is 5.56 Å². The van der Waals surface area contributed by atoms with E-state index < -0.39 is 17.3 Å². The highest BCUT2D eigenvalue weighted by Gasteiger charge is 2.30. The SMILES string of the molecule is CCCn1c(O)c(C2NCCc3c2[nH]c2ccccc32)c(=O)[nH]c1=O. The lowest BCUT2D eigenvalue weighted by atomic mass is 9.95. The average molecular weight is 340 g/mol. The van der Waals surface area contributed by atoms with Crippen molar-refractivity contribution in [2.24, 2.45) is 0 Å². The summed E-state index contributed by atoms with van der Waals surface area (Å²) in [4.78, 5) is 30.2. The summed E-state index contributed by atoms with van der Waals surface area (Å²) in [6.45, 7) is 2.94. The van der Waals surface area contributed by atoms with Crippen molar-refractivity contribution in [2.45, 2.75) is 32.4 Å². The molecule has 0 radical (unpaired) electrons. The van der Waals surface area contributed by atoms with Crippen LogP contribution in [-0.4, -0.2) is 26.2 Å². The minimum absolute atomic E-state index is 0.181. The number of benzene rings is 1. The van der Waals surface area contributed by atoms with Crippen molar-refractivity contribution in [3.05, 3.63) is 61.9 Å². The topological polar surface area (TPSA) is 103 Å². The molecule has 0 saturated carbocycles. The predicted molar refractivity (Wildman–Crippen MR) is 95.1 cm³/mol. The van der Waals surface area contributed by atoms with Gasteiger partial charge in [-0.3, -0.25) is 14.3 Å². The molecule has 7 nitrogen and oxygen atoms in total. The highest BCUT2D eigenvalue weighted by atomic mass is 16.3. The lowest BCUT2D eigenvalue weighted by Crippen LogP contribution is -2.39. The van der Waals surface area contributed by atoms with Crippen LogP contribution in [0.3, 0.4) is 0 Å². The number of fused-ring (bicyclic) bond motifs is 3. The van der Waals surface area contributed by atoms with Crippen LogP contribution in [0.1, 0.15) is 36.2 Å². The Morgan fingerprint density at radius 1 is 1.24 bits per heavy atom.